The third-order valence-electron chi connectivity index (χ3n) is 4.44. The smallest absolute Gasteiger partial charge is 0.0594 e. The summed E-state index contributed by atoms with van der Waals surface area (Å²) in [5.41, 5.74) is 2.64. The zero-order chi connectivity index (χ0) is 14.3. The van der Waals surface area contributed by atoms with E-state index in [4.69, 9.17) is 4.74 Å². The lowest BCUT2D eigenvalue weighted by atomic mass is 9.94. The molecule has 2 aliphatic rings. The lowest BCUT2D eigenvalue weighted by Gasteiger charge is -2.26. The molecular formula is C18H26N2O. The van der Waals surface area contributed by atoms with Gasteiger partial charge in [-0.2, -0.15) is 0 Å². The van der Waals surface area contributed by atoms with E-state index in [0.29, 0.717) is 0 Å². The van der Waals surface area contributed by atoms with Crippen molar-refractivity contribution in [3.63, 3.8) is 0 Å². The standard InChI is InChI=1S/C18H26N2O/c1-2-4-16(5-3-1)14-19-18-8-6-17(7-9-18)15-20-10-12-21-13-11-20/h1-2,6-9,16,19H,3-5,10-15H2. The quantitative estimate of drug-likeness (QED) is 0.841. The Hall–Kier alpha value is -1.32. The summed E-state index contributed by atoms with van der Waals surface area (Å²) in [5, 5.41) is 3.58. The predicted octanol–water partition coefficient (Wildman–Crippen LogP) is 3.29. The number of rotatable bonds is 5. The van der Waals surface area contributed by atoms with Gasteiger partial charge in [-0.1, -0.05) is 24.3 Å². The second-order valence-corrected chi connectivity index (χ2v) is 6.12. The van der Waals surface area contributed by atoms with Crippen molar-refractivity contribution in [3.05, 3.63) is 42.0 Å². The van der Waals surface area contributed by atoms with Gasteiger partial charge in [0.15, 0.2) is 0 Å². The van der Waals surface area contributed by atoms with Crippen molar-refractivity contribution in [2.45, 2.75) is 25.8 Å². The molecule has 3 heteroatoms. The van der Waals surface area contributed by atoms with E-state index in [0.717, 1.165) is 45.3 Å². The lowest BCUT2D eigenvalue weighted by molar-refractivity contribution is 0.0342. The summed E-state index contributed by atoms with van der Waals surface area (Å²) in [7, 11) is 0. The van der Waals surface area contributed by atoms with Gasteiger partial charge in [0.2, 0.25) is 0 Å². The van der Waals surface area contributed by atoms with E-state index >= 15 is 0 Å². The van der Waals surface area contributed by atoms with Gasteiger partial charge in [0.05, 0.1) is 13.2 Å². The molecule has 1 fully saturated rings. The summed E-state index contributed by atoms with van der Waals surface area (Å²) in [4.78, 5) is 2.46. The number of nitrogens with one attached hydrogen (secondary N) is 1. The third kappa shape index (κ3) is 4.58. The highest BCUT2D eigenvalue weighted by Gasteiger charge is 2.11. The van der Waals surface area contributed by atoms with E-state index in [1.807, 2.05) is 0 Å². The van der Waals surface area contributed by atoms with Crippen LogP contribution in [0.4, 0.5) is 5.69 Å². The molecule has 1 aromatic rings. The molecule has 3 nitrogen and oxygen atoms in total. The van der Waals surface area contributed by atoms with Gasteiger partial charge in [0.25, 0.3) is 0 Å². The summed E-state index contributed by atoms with van der Waals surface area (Å²) in [6, 6.07) is 8.93. The van der Waals surface area contributed by atoms with Crippen molar-refractivity contribution < 1.29 is 4.74 Å². The number of benzene rings is 1. The van der Waals surface area contributed by atoms with E-state index in [2.05, 4.69) is 46.6 Å². The van der Waals surface area contributed by atoms with Crippen LogP contribution in [0.2, 0.25) is 0 Å². The Bertz CT molecular complexity index is 449. The maximum Gasteiger partial charge on any atom is 0.0594 e. The highest BCUT2D eigenvalue weighted by atomic mass is 16.5. The van der Waals surface area contributed by atoms with E-state index in [1.165, 1.54) is 30.5 Å². The van der Waals surface area contributed by atoms with Crippen molar-refractivity contribution in [3.8, 4) is 0 Å². The Morgan fingerprint density at radius 1 is 1.10 bits per heavy atom. The molecule has 0 amide bonds. The van der Waals surface area contributed by atoms with Crippen LogP contribution >= 0.6 is 0 Å². The van der Waals surface area contributed by atoms with Crippen LogP contribution in [-0.2, 0) is 11.3 Å². The molecule has 0 radical (unpaired) electrons. The Balaban J connectivity index is 1.45. The fourth-order valence-corrected chi connectivity index (χ4v) is 3.05. The average molecular weight is 286 g/mol. The fourth-order valence-electron chi connectivity index (χ4n) is 3.05. The molecule has 0 bridgehead atoms. The highest BCUT2D eigenvalue weighted by molar-refractivity contribution is 5.44. The topological polar surface area (TPSA) is 24.5 Å². The van der Waals surface area contributed by atoms with Crippen LogP contribution in [0.1, 0.15) is 24.8 Å². The van der Waals surface area contributed by atoms with Crippen molar-refractivity contribution in [2.75, 3.05) is 38.2 Å². The molecule has 0 aromatic heterocycles. The van der Waals surface area contributed by atoms with Crippen LogP contribution in [0.5, 0.6) is 0 Å². The first-order chi connectivity index (χ1) is 10.4. The number of allylic oxidation sites excluding steroid dienone is 2. The Morgan fingerprint density at radius 3 is 2.62 bits per heavy atom. The molecule has 3 rings (SSSR count). The molecule has 1 aromatic carbocycles. The van der Waals surface area contributed by atoms with Gasteiger partial charge < -0.3 is 10.1 Å². The average Bonchev–Trinajstić information content (AvgIpc) is 2.56. The summed E-state index contributed by atoms with van der Waals surface area (Å²) < 4.78 is 5.39. The SMILES string of the molecule is C1=CCC(CNc2ccc(CN3CCOCC3)cc2)CC1. The van der Waals surface area contributed by atoms with E-state index < -0.39 is 0 Å². The first-order valence-electron chi connectivity index (χ1n) is 8.18. The van der Waals surface area contributed by atoms with E-state index in [1.54, 1.807) is 0 Å². The summed E-state index contributed by atoms with van der Waals surface area (Å²) in [5.74, 6) is 0.794. The minimum absolute atomic E-state index is 0.794. The Labute approximate surface area is 128 Å². The molecule has 114 valence electrons. The number of anilines is 1. The molecule has 1 aliphatic carbocycles. The molecule has 0 saturated carbocycles. The van der Waals surface area contributed by atoms with Gasteiger partial charge >= 0.3 is 0 Å². The molecule has 1 N–H and O–H groups in total. The molecule has 1 saturated heterocycles. The molecule has 0 spiro atoms. The van der Waals surface area contributed by atoms with Gasteiger partial charge in [-0.3, -0.25) is 4.90 Å². The van der Waals surface area contributed by atoms with Gasteiger partial charge in [0.1, 0.15) is 0 Å². The van der Waals surface area contributed by atoms with Gasteiger partial charge in [0, 0.05) is 31.9 Å². The second kappa shape index (κ2) is 7.62. The molecule has 1 unspecified atom stereocenters. The summed E-state index contributed by atoms with van der Waals surface area (Å²) >= 11 is 0. The zero-order valence-corrected chi connectivity index (χ0v) is 12.8. The third-order valence-corrected chi connectivity index (χ3v) is 4.44. The van der Waals surface area contributed by atoms with Crippen LogP contribution in [0, 0.1) is 5.92 Å². The number of ether oxygens (including phenoxy) is 1. The Kier molecular flexibility index (Phi) is 5.30. The van der Waals surface area contributed by atoms with Crippen molar-refractivity contribution in [1.29, 1.82) is 0 Å². The molecule has 1 atom stereocenters. The first-order valence-corrected chi connectivity index (χ1v) is 8.18. The normalized spacial score (nSPS) is 23.1. The van der Waals surface area contributed by atoms with Crippen LogP contribution < -0.4 is 5.32 Å². The zero-order valence-electron chi connectivity index (χ0n) is 12.8. The maximum absolute atomic E-state index is 5.39. The number of morpholine rings is 1. The van der Waals surface area contributed by atoms with Crippen LogP contribution in [0.15, 0.2) is 36.4 Å². The van der Waals surface area contributed by atoms with Gasteiger partial charge in [-0.05, 0) is 42.9 Å². The minimum Gasteiger partial charge on any atom is -0.385 e. The lowest BCUT2D eigenvalue weighted by Crippen LogP contribution is -2.35. The van der Waals surface area contributed by atoms with Crippen LogP contribution in [0.25, 0.3) is 0 Å². The molecular weight excluding hydrogens is 260 g/mol. The summed E-state index contributed by atoms with van der Waals surface area (Å²) in [6.45, 7) is 5.97. The largest absolute Gasteiger partial charge is 0.385 e. The maximum atomic E-state index is 5.39. The number of nitrogens with zero attached hydrogens (tertiary/aromatic N) is 1. The van der Waals surface area contributed by atoms with Crippen molar-refractivity contribution >= 4 is 5.69 Å². The predicted molar refractivity (Wildman–Crippen MR) is 87.5 cm³/mol. The van der Waals surface area contributed by atoms with Gasteiger partial charge in [-0.25, -0.2) is 0 Å². The van der Waals surface area contributed by atoms with Crippen LogP contribution in [-0.4, -0.2) is 37.7 Å². The minimum atomic E-state index is 0.794. The van der Waals surface area contributed by atoms with Gasteiger partial charge in [-0.15, -0.1) is 0 Å². The first kappa shape index (κ1) is 14.6. The molecule has 1 aliphatic heterocycles. The fraction of sp³-hybridized carbons (Fsp3) is 0.556. The Morgan fingerprint density at radius 2 is 1.90 bits per heavy atom. The van der Waals surface area contributed by atoms with Crippen molar-refractivity contribution in [2.24, 2.45) is 5.92 Å². The van der Waals surface area contributed by atoms with Crippen LogP contribution in [0.3, 0.4) is 0 Å². The van der Waals surface area contributed by atoms with E-state index in [9.17, 15) is 0 Å². The van der Waals surface area contributed by atoms with Crippen molar-refractivity contribution in [1.82, 2.24) is 4.90 Å². The monoisotopic (exact) mass is 286 g/mol. The second-order valence-electron chi connectivity index (χ2n) is 6.12. The number of hydrogen-bond donors (Lipinski definition) is 1. The molecule has 1 heterocycles. The van der Waals surface area contributed by atoms with E-state index in [-0.39, 0.29) is 0 Å². The summed E-state index contributed by atoms with van der Waals surface area (Å²) in [6.07, 6.45) is 8.41. The molecule has 21 heavy (non-hydrogen) atoms. The highest BCUT2D eigenvalue weighted by Crippen LogP contribution is 2.19. The number of hydrogen-bond acceptors (Lipinski definition) is 3.